The van der Waals surface area contributed by atoms with E-state index in [-0.39, 0.29) is 11.2 Å². The molecule has 1 fully saturated rings. The number of nitriles is 1. The maximum atomic E-state index is 12.4. The third kappa shape index (κ3) is 4.96. The Kier molecular flexibility index (Phi) is 6.47. The number of nitrogens with zero attached hydrogens (tertiary/aromatic N) is 3. The molecular formula is C18H21N5OS2. The van der Waals surface area contributed by atoms with Crippen molar-refractivity contribution in [2.24, 2.45) is 0 Å². The van der Waals surface area contributed by atoms with Gasteiger partial charge in [0.2, 0.25) is 11.0 Å². The molecule has 1 aromatic heterocycles. The Morgan fingerprint density at radius 3 is 2.85 bits per heavy atom. The summed E-state index contributed by atoms with van der Waals surface area (Å²) in [4.78, 5) is 12.4. The van der Waals surface area contributed by atoms with E-state index in [0.29, 0.717) is 17.3 Å². The number of aromatic nitrogens is 2. The highest BCUT2D eigenvalue weighted by Crippen LogP contribution is 2.31. The second kappa shape index (κ2) is 9.01. The summed E-state index contributed by atoms with van der Waals surface area (Å²) in [7, 11) is 0. The zero-order chi connectivity index (χ0) is 18.4. The standard InChI is InChI=1S/C18H21N5OS2/c1-12(16(24)21-15-10-6-5-7-13(15)11-19)25-18-23-22-17(26-18)20-14-8-3-2-4-9-14/h5-7,10,12,14H,2-4,8-9H2,1H3,(H,20,22)(H,21,24). The number of anilines is 2. The van der Waals surface area contributed by atoms with Crippen LogP contribution in [0.5, 0.6) is 0 Å². The van der Waals surface area contributed by atoms with E-state index in [1.807, 2.05) is 6.92 Å². The van der Waals surface area contributed by atoms with Crippen molar-refractivity contribution in [1.29, 1.82) is 5.26 Å². The number of hydrogen-bond donors (Lipinski definition) is 2. The van der Waals surface area contributed by atoms with Crippen molar-refractivity contribution in [1.82, 2.24) is 10.2 Å². The van der Waals surface area contributed by atoms with Gasteiger partial charge in [0.15, 0.2) is 4.34 Å². The summed E-state index contributed by atoms with van der Waals surface area (Å²) < 4.78 is 0.763. The fraction of sp³-hybridized carbons (Fsp3) is 0.444. The highest BCUT2D eigenvalue weighted by atomic mass is 32.2. The van der Waals surface area contributed by atoms with Crippen molar-refractivity contribution < 1.29 is 4.79 Å². The molecule has 1 atom stereocenters. The molecule has 0 radical (unpaired) electrons. The number of thioether (sulfide) groups is 1. The molecule has 8 heteroatoms. The molecule has 0 saturated heterocycles. The molecule has 1 amide bonds. The fourth-order valence-electron chi connectivity index (χ4n) is 2.87. The van der Waals surface area contributed by atoms with E-state index < -0.39 is 0 Å². The van der Waals surface area contributed by atoms with Gasteiger partial charge in [-0.05, 0) is 31.9 Å². The second-order valence-corrected chi connectivity index (χ2v) is 8.82. The van der Waals surface area contributed by atoms with Gasteiger partial charge in [-0.25, -0.2) is 0 Å². The summed E-state index contributed by atoms with van der Waals surface area (Å²) >= 11 is 2.86. The van der Waals surface area contributed by atoms with Crippen LogP contribution in [0.1, 0.15) is 44.6 Å². The summed E-state index contributed by atoms with van der Waals surface area (Å²) in [6.07, 6.45) is 6.20. The fourth-order valence-corrected chi connectivity index (χ4v) is 4.84. The molecule has 6 nitrogen and oxygen atoms in total. The Morgan fingerprint density at radius 2 is 2.08 bits per heavy atom. The van der Waals surface area contributed by atoms with Gasteiger partial charge in [0.25, 0.3) is 0 Å². The van der Waals surface area contributed by atoms with Gasteiger partial charge in [-0.15, -0.1) is 10.2 Å². The number of amides is 1. The van der Waals surface area contributed by atoms with Gasteiger partial charge in [-0.3, -0.25) is 4.79 Å². The van der Waals surface area contributed by atoms with Crippen LogP contribution < -0.4 is 10.6 Å². The normalized spacial score (nSPS) is 15.8. The Hall–Kier alpha value is -2.11. The summed E-state index contributed by atoms with van der Waals surface area (Å²) in [5.74, 6) is -0.158. The first kappa shape index (κ1) is 18.7. The molecule has 26 heavy (non-hydrogen) atoms. The average Bonchev–Trinajstić information content (AvgIpc) is 3.09. The number of rotatable bonds is 6. The van der Waals surface area contributed by atoms with Crippen molar-refractivity contribution in [3.05, 3.63) is 29.8 Å². The Labute approximate surface area is 161 Å². The van der Waals surface area contributed by atoms with E-state index in [9.17, 15) is 4.79 Å². The number of nitrogens with one attached hydrogen (secondary N) is 2. The molecule has 0 aliphatic heterocycles. The van der Waals surface area contributed by atoms with E-state index in [0.717, 1.165) is 9.47 Å². The van der Waals surface area contributed by atoms with Gasteiger partial charge in [-0.2, -0.15) is 5.26 Å². The van der Waals surface area contributed by atoms with E-state index in [2.05, 4.69) is 26.9 Å². The highest BCUT2D eigenvalue weighted by Gasteiger charge is 2.19. The SMILES string of the molecule is CC(Sc1nnc(NC2CCCCC2)s1)C(=O)Nc1ccccc1C#N. The monoisotopic (exact) mass is 387 g/mol. The minimum Gasteiger partial charge on any atom is -0.357 e. The van der Waals surface area contributed by atoms with Crippen molar-refractivity contribution in [2.45, 2.75) is 54.7 Å². The minimum absolute atomic E-state index is 0.158. The number of carbonyl (C=O) groups is 1. The summed E-state index contributed by atoms with van der Waals surface area (Å²) in [6, 6.07) is 9.54. The molecule has 136 valence electrons. The Bertz CT molecular complexity index is 795. The molecule has 1 heterocycles. The molecule has 2 aromatic rings. The summed E-state index contributed by atoms with van der Waals surface area (Å²) in [5, 5.41) is 24.2. The van der Waals surface area contributed by atoms with E-state index in [4.69, 9.17) is 5.26 Å². The maximum Gasteiger partial charge on any atom is 0.237 e. The zero-order valence-corrected chi connectivity index (χ0v) is 16.2. The van der Waals surface area contributed by atoms with Gasteiger partial charge in [0, 0.05) is 6.04 Å². The molecule has 1 saturated carbocycles. The highest BCUT2D eigenvalue weighted by molar-refractivity contribution is 8.02. The topological polar surface area (TPSA) is 90.7 Å². The largest absolute Gasteiger partial charge is 0.357 e. The molecule has 2 N–H and O–H groups in total. The number of para-hydroxylation sites is 1. The van der Waals surface area contributed by atoms with E-state index >= 15 is 0 Å². The van der Waals surface area contributed by atoms with Crippen LogP contribution in [0.3, 0.4) is 0 Å². The first-order valence-corrected chi connectivity index (χ1v) is 10.4. The van der Waals surface area contributed by atoms with E-state index in [1.54, 1.807) is 24.3 Å². The van der Waals surface area contributed by atoms with Crippen LogP contribution >= 0.6 is 23.1 Å². The summed E-state index contributed by atoms with van der Waals surface area (Å²) in [5.41, 5.74) is 0.984. The lowest BCUT2D eigenvalue weighted by Gasteiger charge is -2.21. The maximum absolute atomic E-state index is 12.4. The molecular weight excluding hydrogens is 366 g/mol. The lowest BCUT2D eigenvalue weighted by molar-refractivity contribution is -0.115. The molecule has 1 aromatic carbocycles. The molecule has 0 spiro atoms. The van der Waals surface area contributed by atoms with Crippen molar-refractivity contribution in [2.75, 3.05) is 10.6 Å². The van der Waals surface area contributed by atoms with Crippen molar-refractivity contribution >= 4 is 39.8 Å². The van der Waals surface area contributed by atoms with Crippen LogP contribution in [-0.4, -0.2) is 27.4 Å². The zero-order valence-electron chi connectivity index (χ0n) is 14.6. The predicted octanol–water partition coefficient (Wildman–Crippen LogP) is 4.27. The minimum atomic E-state index is -0.336. The van der Waals surface area contributed by atoms with Gasteiger partial charge in [0.1, 0.15) is 6.07 Å². The van der Waals surface area contributed by atoms with Crippen LogP contribution in [0, 0.1) is 11.3 Å². The molecule has 3 rings (SSSR count). The molecule has 1 aliphatic rings. The van der Waals surface area contributed by atoms with Crippen LogP contribution in [0.15, 0.2) is 28.6 Å². The van der Waals surface area contributed by atoms with Gasteiger partial charge < -0.3 is 10.6 Å². The van der Waals surface area contributed by atoms with Gasteiger partial charge in [0.05, 0.1) is 16.5 Å². The van der Waals surface area contributed by atoms with E-state index in [1.165, 1.54) is 55.2 Å². The third-order valence-electron chi connectivity index (χ3n) is 4.29. The Balaban J connectivity index is 1.55. The predicted molar refractivity (Wildman–Crippen MR) is 106 cm³/mol. The number of carbonyl (C=O) groups excluding carboxylic acids is 1. The number of hydrogen-bond acceptors (Lipinski definition) is 7. The third-order valence-corrected chi connectivity index (χ3v) is 6.33. The molecule has 1 unspecified atom stereocenters. The van der Waals surface area contributed by atoms with Gasteiger partial charge >= 0.3 is 0 Å². The lowest BCUT2D eigenvalue weighted by atomic mass is 9.96. The van der Waals surface area contributed by atoms with Crippen LogP contribution in [-0.2, 0) is 4.79 Å². The van der Waals surface area contributed by atoms with Gasteiger partial charge in [-0.1, -0.05) is 54.5 Å². The first-order valence-electron chi connectivity index (χ1n) is 8.72. The Morgan fingerprint density at radius 1 is 1.31 bits per heavy atom. The van der Waals surface area contributed by atoms with Crippen LogP contribution in [0.25, 0.3) is 0 Å². The van der Waals surface area contributed by atoms with Crippen LogP contribution in [0.2, 0.25) is 0 Å². The van der Waals surface area contributed by atoms with Crippen molar-refractivity contribution in [3.8, 4) is 6.07 Å². The summed E-state index contributed by atoms with van der Waals surface area (Å²) in [6.45, 7) is 1.82. The average molecular weight is 388 g/mol. The lowest BCUT2D eigenvalue weighted by Crippen LogP contribution is -2.22. The second-order valence-electron chi connectivity index (χ2n) is 6.26. The smallest absolute Gasteiger partial charge is 0.237 e. The molecule has 0 bridgehead atoms. The van der Waals surface area contributed by atoms with Crippen LogP contribution in [0.4, 0.5) is 10.8 Å². The van der Waals surface area contributed by atoms with Crippen molar-refractivity contribution in [3.63, 3.8) is 0 Å². The quantitative estimate of drug-likeness (QED) is 0.719. The first-order chi connectivity index (χ1) is 12.7. The molecule has 1 aliphatic carbocycles. The number of benzene rings is 1.